The summed E-state index contributed by atoms with van der Waals surface area (Å²) >= 11 is 6.54. The molecule has 18 heavy (non-hydrogen) atoms. The van der Waals surface area contributed by atoms with Crippen molar-refractivity contribution < 1.29 is 9.47 Å². The van der Waals surface area contributed by atoms with E-state index in [1.807, 2.05) is 0 Å². The quantitative estimate of drug-likeness (QED) is 0.760. The molecule has 1 aromatic carbocycles. The van der Waals surface area contributed by atoms with E-state index in [-0.39, 0.29) is 5.38 Å². The van der Waals surface area contributed by atoms with Gasteiger partial charge in [0.2, 0.25) is 0 Å². The molecule has 0 N–H and O–H groups in total. The molecule has 0 aromatic heterocycles. The first-order valence-corrected chi connectivity index (χ1v) is 7.04. The summed E-state index contributed by atoms with van der Waals surface area (Å²) in [5.41, 5.74) is 2.50. The summed E-state index contributed by atoms with van der Waals surface area (Å²) in [6, 6.07) is 8.56. The van der Waals surface area contributed by atoms with Crippen LogP contribution in [0.5, 0.6) is 0 Å². The summed E-state index contributed by atoms with van der Waals surface area (Å²) in [4.78, 5) is 0. The molecule has 0 bridgehead atoms. The van der Waals surface area contributed by atoms with Crippen LogP contribution < -0.4 is 0 Å². The van der Waals surface area contributed by atoms with Crippen LogP contribution >= 0.6 is 11.6 Å². The molecule has 1 aliphatic heterocycles. The van der Waals surface area contributed by atoms with Gasteiger partial charge in [-0.05, 0) is 30.4 Å². The van der Waals surface area contributed by atoms with E-state index in [1.54, 1.807) is 7.11 Å². The Labute approximate surface area is 114 Å². The Balaban J connectivity index is 1.95. The highest BCUT2D eigenvalue weighted by molar-refractivity contribution is 6.21. The Morgan fingerprint density at radius 2 is 2.17 bits per heavy atom. The minimum absolute atomic E-state index is 0.0711. The van der Waals surface area contributed by atoms with E-state index in [0.29, 0.717) is 5.92 Å². The van der Waals surface area contributed by atoms with Crippen LogP contribution in [0.15, 0.2) is 24.3 Å². The molecule has 0 aliphatic carbocycles. The Morgan fingerprint density at radius 3 is 2.78 bits per heavy atom. The molecule has 0 saturated carbocycles. The smallest absolute Gasteiger partial charge is 0.0635 e. The standard InChI is InChI=1S/C15H21ClO2/c1-17-10-8-12-4-6-13(7-5-12)15(16)14-3-2-9-18-11-14/h4-7,14-15H,2-3,8-11H2,1H3. The molecule has 1 saturated heterocycles. The van der Waals surface area contributed by atoms with Gasteiger partial charge in [-0.25, -0.2) is 0 Å². The third-order valence-electron chi connectivity index (χ3n) is 3.50. The first-order valence-electron chi connectivity index (χ1n) is 6.61. The van der Waals surface area contributed by atoms with Gasteiger partial charge in [-0.3, -0.25) is 0 Å². The van der Waals surface area contributed by atoms with Crippen molar-refractivity contribution in [1.29, 1.82) is 0 Å². The van der Waals surface area contributed by atoms with E-state index in [0.717, 1.165) is 32.7 Å². The first kappa shape index (κ1) is 13.9. The highest BCUT2D eigenvalue weighted by Gasteiger charge is 2.23. The van der Waals surface area contributed by atoms with Gasteiger partial charge in [0.15, 0.2) is 0 Å². The number of rotatable bonds is 5. The summed E-state index contributed by atoms with van der Waals surface area (Å²) in [7, 11) is 1.73. The topological polar surface area (TPSA) is 18.5 Å². The molecule has 2 rings (SSSR count). The number of hydrogen-bond acceptors (Lipinski definition) is 2. The largest absolute Gasteiger partial charge is 0.384 e. The van der Waals surface area contributed by atoms with Crippen molar-refractivity contribution >= 4 is 11.6 Å². The molecule has 1 fully saturated rings. The number of benzene rings is 1. The monoisotopic (exact) mass is 268 g/mol. The van der Waals surface area contributed by atoms with Crippen LogP contribution in [0.25, 0.3) is 0 Å². The number of methoxy groups -OCH3 is 1. The molecule has 2 nitrogen and oxygen atoms in total. The van der Waals surface area contributed by atoms with Gasteiger partial charge in [0.25, 0.3) is 0 Å². The number of alkyl halides is 1. The maximum atomic E-state index is 6.54. The normalized spacial score (nSPS) is 21.8. The summed E-state index contributed by atoms with van der Waals surface area (Å²) < 4.78 is 10.6. The lowest BCUT2D eigenvalue weighted by Gasteiger charge is -2.26. The third kappa shape index (κ3) is 3.71. The third-order valence-corrected chi connectivity index (χ3v) is 4.11. The number of ether oxygens (including phenoxy) is 2. The highest BCUT2D eigenvalue weighted by Crippen LogP contribution is 2.34. The highest BCUT2D eigenvalue weighted by atomic mass is 35.5. The van der Waals surface area contributed by atoms with Gasteiger partial charge in [-0.1, -0.05) is 24.3 Å². The molecular weight excluding hydrogens is 248 g/mol. The van der Waals surface area contributed by atoms with E-state index < -0.39 is 0 Å². The van der Waals surface area contributed by atoms with Crippen molar-refractivity contribution in [2.75, 3.05) is 26.9 Å². The van der Waals surface area contributed by atoms with Crippen molar-refractivity contribution in [3.05, 3.63) is 35.4 Å². The molecule has 1 aromatic rings. The van der Waals surface area contributed by atoms with Crippen LogP contribution in [0, 0.1) is 5.92 Å². The lowest BCUT2D eigenvalue weighted by molar-refractivity contribution is 0.0531. The van der Waals surface area contributed by atoms with Crippen molar-refractivity contribution in [3.63, 3.8) is 0 Å². The van der Waals surface area contributed by atoms with Crippen molar-refractivity contribution in [2.24, 2.45) is 5.92 Å². The molecule has 2 atom stereocenters. The van der Waals surface area contributed by atoms with E-state index in [4.69, 9.17) is 21.1 Å². The molecule has 1 aliphatic rings. The van der Waals surface area contributed by atoms with Gasteiger partial charge in [-0.15, -0.1) is 11.6 Å². The van der Waals surface area contributed by atoms with E-state index >= 15 is 0 Å². The molecule has 0 radical (unpaired) electrons. The van der Waals surface area contributed by atoms with Crippen LogP contribution in [0.4, 0.5) is 0 Å². The van der Waals surface area contributed by atoms with E-state index in [1.165, 1.54) is 17.5 Å². The zero-order chi connectivity index (χ0) is 12.8. The Morgan fingerprint density at radius 1 is 1.39 bits per heavy atom. The van der Waals surface area contributed by atoms with E-state index in [2.05, 4.69) is 24.3 Å². The SMILES string of the molecule is COCCc1ccc(C(Cl)C2CCCOC2)cc1. The van der Waals surface area contributed by atoms with Gasteiger partial charge in [0, 0.05) is 19.6 Å². The van der Waals surface area contributed by atoms with Crippen molar-refractivity contribution in [2.45, 2.75) is 24.6 Å². The molecule has 100 valence electrons. The first-order chi connectivity index (χ1) is 8.81. The second kappa shape index (κ2) is 7.13. The van der Waals surface area contributed by atoms with Gasteiger partial charge >= 0.3 is 0 Å². The lowest BCUT2D eigenvalue weighted by atomic mass is 9.93. The molecule has 0 spiro atoms. The van der Waals surface area contributed by atoms with Crippen molar-refractivity contribution in [3.8, 4) is 0 Å². The molecular formula is C15H21ClO2. The van der Waals surface area contributed by atoms with Crippen LogP contribution in [-0.4, -0.2) is 26.9 Å². The fraction of sp³-hybridized carbons (Fsp3) is 0.600. The maximum absolute atomic E-state index is 6.54. The Bertz CT molecular complexity index is 344. The Hall–Kier alpha value is -0.570. The van der Waals surface area contributed by atoms with Crippen molar-refractivity contribution in [1.82, 2.24) is 0 Å². The zero-order valence-electron chi connectivity index (χ0n) is 10.9. The fourth-order valence-corrected chi connectivity index (χ4v) is 2.70. The zero-order valence-corrected chi connectivity index (χ0v) is 11.7. The van der Waals surface area contributed by atoms with Gasteiger partial charge in [0.1, 0.15) is 0 Å². The molecule has 3 heteroatoms. The van der Waals surface area contributed by atoms with Gasteiger partial charge in [0.05, 0.1) is 18.6 Å². The lowest BCUT2D eigenvalue weighted by Crippen LogP contribution is -2.21. The average Bonchev–Trinajstić information content (AvgIpc) is 2.46. The fourth-order valence-electron chi connectivity index (χ4n) is 2.36. The van der Waals surface area contributed by atoms with E-state index in [9.17, 15) is 0 Å². The summed E-state index contributed by atoms with van der Waals surface area (Å²) in [6.07, 6.45) is 3.25. The van der Waals surface area contributed by atoms with Crippen LogP contribution in [0.3, 0.4) is 0 Å². The minimum Gasteiger partial charge on any atom is -0.384 e. The predicted molar refractivity (Wildman–Crippen MR) is 74.2 cm³/mol. The summed E-state index contributed by atoms with van der Waals surface area (Å²) in [6.45, 7) is 2.44. The minimum atomic E-state index is 0.0711. The van der Waals surface area contributed by atoms with Crippen LogP contribution in [0.1, 0.15) is 29.3 Å². The van der Waals surface area contributed by atoms with Gasteiger partial charge in [-0.2, -0.15) is 0 Å². The second-order valence-corrected chi connectivity index (χ2v) is 5.33. The van der Waals surface area contributed by atoms with Crippen LogP contribution in [-0.2, 0) is 15.9 Å². The summed E-state index contributed by atoms with van der Waals surface area (Å²) in [5.74, 6) is 0.449. The molecule has 2 unspecified atom stereocenters. The van der Waals surface area contributed by atoms with Crippen LogP contribution in [0.2, 0.25) is 0 Å². The van der Waals surface area contributed by atoms with Gasteiger partial charge < -0.3 is 9.47 Å². The maximum Gasteiger partial charge on any atom is 0.0635 e. The summed E-state index contributed by atoms with van der Waals surface area (Å²) in [5, 5.41) is 0.0711. The number of hydrogen-bond donors (Lipinski definition) is 0. The Kier molecular flexibility index (Phi) is 5.48. The second-order valence-electron chi connectivity index (χ2n) is 4.86. The molecule has 1 heterocycles. The average molecular weight is 269 g/mol. The number of halogens is 1. The molecule has 0 amide bonds. The predicted octanol–water partition coefficient (Wildman–Crippen LogP) is 3.58.